The molecule has 0 radical (unpaired) electrons. The van der Waals surface area contributed by atoms with Crippen molar-refractivity contribution in [2.75, 3.05) is 6.61 Å². The quantitative estimate of drug-likeness (QED) is 0.583. The second kappa shape index (κ2) is 9.16. The Morgan fingerprint density at radius 1 is 1.29 bits per heavy atom. The highest BCUT2D eigenvalue weighted by Gasteiger charge is 2.05. The first-order valence-corrected chi connectivity index (χ1v) is 7.61. The van der Waals surface area contributed by atoms with Gasteiger partial charge in [-0.1, -0.05) is 39.3 Å². The molecule has 1 rings (SSSR count). The first-order valence-electron chi connectivity index (χ1n) is 7.61. The van der Waals surface area contributed by atoms with Gasteiger partial charge in [0.2, 0.25) is 0 Å². The van der Waals surface area contributed by atoms with Crippen LogP contribution in [0.3, 0.4) is 0 Å². The van der Waals surface area contributed by atoms with E-state index < -0.39 is 0 Å². The summed E-state index contributed by atoms with van der Waals surface area (Å²) in [6.45, 7) is 8.32. The molecular formula is C17H26N2O2. The summed E-state index contributed by atoms with van der Waals surface area (Å²) < 4.78 is 5.45. The van der Waals surface area contributed by atoms with Gasteiger partial charge in [0.15, 0.2) is 6.61 Å². The van der Waals surface area contributed by atoms with Crippen molar-refractivity contribution in [3.05, 3.63) is 29.8 Å². The molecule has 0 saturated carbocycles. The van der Waals surface area contributed by atoms with Crippen molar-refractivity contribution < 1.29 is 9.53 Å². The van der Waals surface area contributed by atoms with Crippen molar-refractivity contribution in [1.82, 2.24) is 5.43 Å². The Kier molecular flexibility index (Phi) is 7.51. The lowest BCUT2D eigenvalue weighted by Gasteiger charge is -2.10. The maximum Gasteiger partial charge on any atom is 0.277 e. The summed E-state index contributed by atoms with van der Waals surface area (Å²) >= 11 is 0. The fourth-order valence-electron chi connectivity index (χ4n) is 1.88. The zero-order valence-corrected chi connectivity index (χ0v) is 13.5. The molecule has 1 amide bonds. The Labute approximate surface area is 127 Å². The lowest BCUT2D eigenvalue weighted by atomic mass is 9.99. The number of amides is 1. The van der Waals surface area contributed by atoms with Gasteiger partial charge < -0.3 is 4.74 Å². The Morgan fingerprint density at radius 3 is 2.52 bits per heavy atom. The number of nitrogens with zero attached hydrogens (tertiary/aromatic N) is 1. The van der Waals surface area contributed by atoms with Gasteiger partial charge in [0, 0.05) is 5.71 Å². The number of carbonyl (C=O) groups excluding carboxylic acids is 1. The average molecular weight is 290 g/mol. The summed E-state index contributed by atoms with van der Waals surface area (Å²) in [4.78, 5) is 11.6. The summed E-state index contributed by atoms with van der Waals surface area (Å²) in [5, 5.41) is 4.01. The van der Waals surface area contributed by atoms with Crippen molar-refractivity contribution in [2.45, 2.75) is 52.9 Å². The molecule has 0 spiro atoms. The van der Waals surface area contributed by atoms with E-state index in [1.165, 1.54) is 5.56 Å². The van der Waals surface area contributed by atoms with Gasteiger partial charge in [0.25, 0.3) is 5.91 Å². The van der Waals surface area contributed by atoms with Crippen LogP contribution in [0.25, 0.3) is 0 Å². The predicted octanol–water partition coefficient (Wildman–Crippen LogP) is 3.87. The second-order valence-corrected chi connectivity index (χ2v) is 5.30. The first kappa shape index (κ1) is 17.2. The third-order valence-electron chi connectivity index (χ3n) is 3.41. The number of hydrogen-bond acceptors (Lipinski definition) is 3. The summed E-state index contributed by atoms with van der Waals surface area (Å²) in [6.07, 6.45) is 3.01. The molecule has 116 valence electrons. The molecule has 0 saturated heterocycles. The van der Waals surface area contributed by atoms with Crippen LogP contribution in [-0.2, 0) is 4.79 Å². The third kappa shape index (κ3) is 6.43. The Morgan fingerprint density at radius 2 is 1.95 bits per heavy atom. The standard InChI is InChI=1S/C17H26N2O2/c1-5-7-14(4)18-19-17(20)12-21-16-10-8-15(9-11-16)13(3)6-2/h8-11,13H,5-7,12H2,1-4H3,(H,19,20)/b18-14+. The summed E-state index contributed by atoms with van der Waals surface area (Å²) in [5.74, 6) is 1.00. The van der Waals surface area contributed by atoms with Gasteiger partial charge in [-0.3, -0.25) is 4.79 Å². The molecule has 4 heteroatoms. The number of benzene rings is 1. The van der Waals surface area contributed by atoms with Gasteiger partial charge in [-0.2, -0.15) is 5.10 Å². The first-order chi connectivity index (χ1) is 10.1. The third-order valence-corrected chi connectivity index (χ3v) is 3.41. The monoisotopic (exact) mass is 290 g/mol. The van der Waals surface area contributed by atoms with Crippen LogP contribution in [0.15, 0.2) is 29.4 Å². The molecule has 0 aliphatic carbocycles. The van der Waals surface area contributed by atoms with Gasteiger partial charge in [-0.25, -0.2) is 5.43 Å². The lowest BCUT2D eigenvalue weighted by molar-refractivity contribution is -0.123. The van der Waals surface area contributed by atoms with Gasteiger partial charge in [0.1, 0.15) is 5.75 Å². The Balaban J connectivity index is 2.41. The molecule has 0 bridgehead atoms. The van der Waals surface area contributed by atoms with Gasteiger partial charge >= 0.3 is 0 Å². The Bertz CT molecular complexity index is 466. The van der Waals surface area contributed by atoms with E-state index in [-0.39, 0.29) is 12.5 Å². The van der Waals surface area contributed by atoms with E-state index in [0.717, 1.165) is 25.0 Å². The van der Waals surface area contributed by atoms with Crippen LogP contribution in [0.2, 0.25) is 0 Å². The molecule has 1 N–H and O–H groups in total. The number of carbonyl (C=O) groups is 1. The molecule has 0 aliphatic rings. The number of hydrogen-bond donors (Lipinski definition) is 1. The molecule has 0 aliphatic heterocycles. The molecule has 1 unspecified atom stereocenters. The number of hydrazone groups is 1. The highest BCUT2D eigenvalue weighted by Crippen LogP contribution is 2.21. The molecule has 0 heterocycles. The fraction of sp³-hybridized carbons (Fsp3) is 0.529. The smallest absolute Gasteiger partial charge is 0.277 e. The van der Waals surface area contributed by atoms with E-state index in [1.54, 1.807) is 0 Å². The van der Waals surface area contributed by atoms with Crippen molar-refractivity contribution in [3.8, 4) is 5.75 Å². The molecule has 1 aromatic rings. The normalized spacial score (nSPS) is 12.9. The fourth-order valence-corrected chi connectivity index (χ4v) is 1.88. The van der Waals surface area contributed by atoms with E-state index in [4.69, 9.17) is 4.74 Å². The number of ether oxygens (including phenoxy) is 1. The second-order valence-electron chi connectivity index (χ2n) is 5.30. The lowest BCUT2D eigenvalue weighted by Crippen LogP contribution is -2.25. The van der Waals surface area contributed by atoms with Gasteiger partial charge in [-0.05, 0) is 43.4 Å². The highest BCUT2D eigenvalue weighted by atomic mass is 16.5. The number of rotatable bonds is 8. The van der Waals surface area contributed by atoms with Crippen molar-refractivity contribution in [2.24, 2.45) is 5.10 Å². The van der Waals surface area contributed by atoms with Crippen LogP contribution in [0.1, 0.15) is 58.4 Å². The minimum Gasteiger partial charge on any atom is -0.484 e. The Hall–Kier alpha value is -1.84. The van der Waals surface area contributed by atoms with E-state index in [9.17, 15) is 4.79 Å². The van der Waals surface area contributed by atoms with Crippen LogP contribution in [0, 0.1) is 0 Å². The van der Waals surface area contributed by atoms with Crippen LogP contribution < -0.4 is 10.2 Å². The topological polar surface area (TPSA) is 50.7 Å². The van der Waals surface area contributed by atoms with Crippen molar-refractivity contribution in [3.63, 3.8) is 0 Å². The molecule has 1 atom stereocenters. The molecule has 0 fully saturated rings. The van der Waals surface area contributed by atoms with E-state index in [1.807, 2.05) is 31.2 Å². The number of nitrogens with one attached hydrogen (secondary N) is 1. The molecule has 0 aromatic heterocycles. The summed E-state index contributed by atoms with van der Waals surface area (Å²) in [6, 6.07) is 7.90. The SMILES string of the molecule is CCC/C(C)=N/NC(=O)COc1ccc(C(C)CC)cc1. The van der Waals surface area contributed by atoms with Crippen molar-refractivity contribution in [1.29, 1.82) is 0 Å². The summed E-state index contributed by atoms with van der Waals surface area (Å²) in [5.41, 5.74) is 4.71. The predicted molar refractivity (Wildman–Crippen MR) is 86.8 cm³/mol. The maximum atomic E-state index is 11.6. The molecule has 21 heavy (non-hydrogen) atoms. The zero-order valence-electron chi connectivity index (χ0n) is 13.5. The van der Waals surface area contributed by atoms with Crippen LogP contribution >= 0.6 is 0 Å². The van der Waals surface area contributed by atoms with E-state index in [0.29, 0.717) is 11.7 Å². The molecule has 4 nitrogen and oxygen atoms in total. The average Bonchev–Trinajstić information content (AvgIpc) is 2.51. The minimum atomic E-state index is -0.239. The largest absolute Gasteiger partial charge is 0.484 e. The van der Waals surface area contributed by atoms with E-state index >= 15 is 0 Å². The highest BCUT2D eigenvalue weighted by molar-refractivity contribution is 5.84. The van der Waals surface area contributed by atoms with Crippen LogP contribution in [-0.4, -0.2) is 18.2 Å². The van der Waals surface area contributed by atoms with Crippen LogP contribution in [0.4, 0.5) is 0 Å². The van der Waals surface area contributed by atoms with Crippen molar-refractivity contribution >= 4 is 11.6 Å². The van der Waals surface area contributed by atoms with Crippen LogP contribution in [0.5, 0.6) is 5.75 Å². The van der Waals surface area contributed by atoms with Gasteiger partial charge in [0.05, 0.1) is 0 Å². The molecular weight excluding hydrogens is 264 g/mol. The zero-order chi connectivity index (χ0) is 15.7. The molecule has 1 aromatic carbocycles. The summed E-state index contributed by atoms with van der Waals surface area (Å²) in [7, 11) is 0. The van der Waals surface area contributed by atoms with Gasteiger partial charge in [-0.15, -0.1) is 0 Å². The maximum absolute atomic E-state index is 11.6. The van der Waals surface area contributed by atoms with E-state index in [2.05, 4.69) is 31.3 Å². The minimum absolute atomic E-state index is 0.0222.